The number of aryl methyl sites for hydroxylation is 1. The number of rotatable bonds is 4. The fraction of sp³-hybridized carbons (Fsp3) is 0.190. The highest BCUT2D eigenvalue weighted by Gasteiger charge is 2.38. The zero-order chi connectivity index (χ0) is 25.5. The number of amides is 1. The molecule has 1 amide bonds. The molecule has 7 nitrogen and oxygen atoms in total. The molecule has 0 aliphatic carbocycles. The quantitative estimate of drug-likeness (QED) is 0.229. The molecule has 0 radical (unpaired) electrons. The van der Waals surface area contributed by atoms with E-state index in [4.69, 9.17) is 0 Å². The third-order valence-electron chi connectivity index (χ3n) is 5.00. The van der Waals surface area contributed by atoms with Crippen LogP contribution in [-0.4, -0.2) is 32.1 Å². The molecular weight excluding hydrogens is 498 g/mol. The second-order valence-corrected chi connectivity index (χ2v) is 8.27. The van der Waals surface area contributed by atoms with Crippen molar-refractivity contribution >= 4 is 34.4 Å². The number of aromatic nitrogens is 4. The van der Waals surface area contributed by atoms with Crippen LogP contribution in [0.4, 0.5) is 26.3 Å². The Kier molecular flexibility index (Phi) is 6.09. The fourth-order valence-corrected chi connectivity index (χ4v) is 4.05. The number of alkyl halides is 6. The Hall–Kier alpha value is -3.81. The average molecular weight is 512 g/mol. The maximum Gasteiger partial charge on any atom is 0.433 e. The summed E-state index contributed by atoms with van der Waals surface area (Å²) in [5.41, 5.74) is -1.24. The van der Waals surface area contributed by atoms with E-state index in [0.29, 0.717) is 12.1 Å². The van der Waals surface area contributed by atoms with Crippen molar-refractivity contribution in [1.29, 1.82) is 0 Å². The van der Waals surface area contributed by atoms with Crippen molar-refractivity contribution < 1.29 is 31.1 Å². The van der Waals surface area contributed by atoms with Gasteiger partial charge in [-0.1, -0.05) is 17.3 Å². The molecule has 14 heteroatoms. The molecule has 1 aromatic carbocycles. The first-order valence-corrected chi connectivity index (χ1v) is 10.6. The van der Waals surface area contributed by atoms with Crippen molar-refractivity contribution in [1.82, 2.24) is 25.4 Å². The van der Waals surface area contributed by atoms with Gasteiger partial charge in [0.05, 0.1) is 28.7 Å². The largest absolute Gasteiger partial charge is 0.433 e. The van der Waals surface area contributed by atoms with Crippen LogP contribution in [0.3, 0.4) is 0 Å². The molecule has 0 saturated heterocycles. The summed E-state index contributed by atoms with van der Waals surface area (Å²) >= 11 is 1.40. The Morgan fingerprint density at radius 2 is 1.86 bits per heavy atom. The maximum atomic E-state index is 13.5. The number of nitrogens with zero attached hydrogens (tertiary/aromatic N) is 5. The van der Waals surface area contributed by atoms with E-state index in [1.807, 2.05) is 18.4 Å². The summed E-state index contributed by atoms with van der Waals surface area (Å²) in [6.07, 6.45) is -8.57. The molecule has 0 atom stereocenters. The van der Waals surface area contributed by atoms with Gasteiger partial charge < -0.3 is 0 Å². The second kappa shape index (κ2) is 8.76. The van der Waals surface area contributed by atoms with Crippen molar-refractivity contribution in [3.63, 3.8) is 0 Å². The Morgan fingerprint density at radius 1 is 1.11 bits per heavy atom. The van der Waals surface area contributed by atoms with Gasteiger partial charge in [-0.05, 0) is 43.0 Å². The van der Waals surface area contributed by atoms with Crippen LogP contribution in [0.2, 0.25) is 0 Å². The monoisotopic (exact) mass is 512 g/mol. The molecule has 4 rings (SSSR count). The lowest BCUT2D eigenvalue weighted by molar-refractivity contribution is -0.142. The van der Waals surface area contributed by atoms with Crippen LogP contribution in [-0.2, 0) is 12.4 Å². The van der Waals surface area contributed by atoms with E-state index >= 15 is 0 Å². The standard InChI is InChI=1S/C21H14F6N6OS/c1-10-6-7-35-15(10)9-28-31-19(34)17-11(2)33(32-30-17)14-8-16(21(25,26)27)29-18-12(14)4-3-5-13(18)20(22,23)24/h3-9H,1-2H3,(H,31,34)/b28-9+. The van der Waals surface area contributed by atoms with E-state index in [-0.39, 0.29) is 22.5 Å². The molecule has 0 spiro atoms. The van der Waals surface area contributed by atoms with Crippen LogP contribution in [0, 0.1) is 13.8 Å². The van der Waals surface area contributed by atoms with Gasteiger partial charge in [0.2, 0.25) is 0 Å². The van der Waals surface area contributed by atoms with Crippen molar-refractivity contribution in [2.24, 2.45) is 5.10 Å². The molecular formula is C21H14F6N6OS. The molecule has 1 N–H and O–H groups in total. The summed E-state index contributed by atoms with van der Waals surface area (Å²) in [4.78, 5) is 16.6. The minimum absolute atomic E-state index is 0.0111. The molecule has 0 unspecified atom stereocenters. The number of fused-ring (bicyclic) bond motifs is 1. The summed E-state index contributed by atoms with van der Waals surface area (Å²) in [5, 5.41) is 12.8. The molecule has 4 aromatic rings. The smallest absolute Gasteiger partial charge is 0.265 e. The predicted molar refractivity (Wildman–Crippen MR) is 116 cm³/mol. The highest BCUT2D eigenvalue weighted by Crippen LogP contribution is 2.38. The summed E-state index contributed by atoms with van der Waals surface area (Å²) in [6.45, 7) is 3.20. The van der Waals surface area contributed by atoms with Crippen molar-refractivity contribution in [2.45, 2.75) is 26.2 Å². The molecule has 0 saturated carbocycles. The van der Waals surface area contributed by atoms with Gasteiger partial charge in [0.25, 0.3) is 5.91 Å². The number of pyridine rings is 1. The number of thiophene rings is 1. The minimum Gasteiger partial charge on any atom is -0.265 e. The van der Waals surface area contributed by atoms with E-state index in [0.717, 1.165) is 21.2 Å². The molecule has 182 valence electrons. The van der Waals surface area contributed by atoms with Gasteiger partial charge in [-0.25, -0.2) is 15.1 Å². The Balaban J connectivity index is 1.79. The lowest BCUT2D eigenvalue weighted by atomic mass is 10.1. The number of nitrogens with one attached hydrogen (secondary N) is 1. The molecule has 3 aromatic heterocycles. The molecule has 0 aliphatic heterocycles. The number of hydrazone groups is 1. The summed E-state index contributed by atoms with van der Waals surface area (Å²) < 4.78 is 81.8. The third kappa shape index (κ3) is 4.73. The number of carbonyl (C=O) groups is 1. The van der Waals surface area contributed by atoms with Gasteiger partial charge in [-0.15, -0.1) is 16.4 Å². The van der Waals surface area contributed by atoms with Gasteiger partial charge in [0.1, 0.15) is 5.69 Å². The van der Waals surface area contributed by atoms with Crippen LogP contribution in [0.1, 0.15) is 37.9 Å². The van der Waals surface area contributed by atoms with Crippen LogP contribution >= 0.6 is 11.3 Å². The van der Waals surface area contributed by atoms with Gasteiger partial charge in [-0.3, -0.25) is 4.79 Å². The lowest BCUT2D eigenvalue weighted by Gasteiger charge is -2.15. The second-order valence-electron chi connectivity index (χ2n) is 7.33. The first-order valence-electron chi connectivity index (χ1n) is 9.76. The lowest BCUT2D eigenvalue weighted by Crippen LogP contribution is -2.19. The van der Waals surface area contributed by atoms with Crippen molar-refractivity contribution in [3.8, 4) is 5.69 Å². The van der Waals surface area contributed by atoms with Crippen molar-refractivity contribution in [3.05, 3.63) is 68.8 Å². The van der Waals surface area contributed by atoms with Gasteiger partial charge in [-0.2, -0.15) is 31.4 Å². The molecule has 35 heavy (non-hydrogen) atoms. The first-order chi connectivity index (χ1) is 16.4. The summed E-state index contributed by atoms with van der Waals surface area (Å²) in [5.74, 6) is -0.801. The minimum atomic E-state index is -5.04. The van der Waals surface area contributed by atoms with Gasteiger partial charge in [0, 0.05) is 10.3 Å². The number of carbonyl (C=O) groups excluding carboxylic acids is 1. The van der Waals surface area contributed by atoms with E-state index in [1.165, 1.54) is 30.5 Å². The zero-order valence-corrected chi connectivity index (χ0v) is 18.7. The van der Waals surface area contributed by atoms with Crippen LogP contribution in [0.25, 0.3) is 16.6 Å². The Morgan fingerprint density at radius 3 is 2.49 bits per heavy atom. The van der Waals surface area contributed by atoms with Crippen LogP contribution in [0.15, 0.2) is 40.8 Å². The number of halogens is 6. The predicted octanol–water partition coefficient (Wildman–Crippen LogP) is 5.30. The summed E-state index contributed by atoms with van der Waals surface area (Å²) in [6, 6.07) is 5.29. The van der Waals surface area contributed by atoms with Crippen LogP contribution in [0.5, 0.6) is 0 Å². The molecule has 0 fully saturated rings. The summed E-state index contributed by atoms with van der Waals surface area (Å²) in [7, 11) is 0. The van der Waals surface area contributed by atoms with E-state index in [2.05, 4.69) is 25.8 Å². The Bertz CT molecular complexity index is 1450. The zero-order valence-electron chi connectivity index (χ0n) is 17.9. The topological polar surface area (TPSA) is 85.1 Å². The highest BCUT2D eigenvalue weighted by atomic mass is 32.1. The van der Waals surface area contributed by atoms with Crippen LogP contribution < -0.4 is 5.43 Å². The van der Waals surface area contributed by atoms with Gasteiger partial charge >= 0.3 is 12.4 Å². The number of hydrogen-bond acceptors (Lipinski definition) is 6. The molecule has 0 bridgehead atoms. The molecule has 0 aliphatic rings. The number of benzene rings is 1. The van der Waals surface area contributed by atoms with E-state index in [1.54, 1.807) is 0 Å². The molecule has 3 heterocycles. The number of para-hydroxylation sites is 1. The van der Waals surface area contributed by atoms with E-state index < -0.39 is 35.0 Å². The fourth-order valence-electron chi connectivity index (χ4n) is 3.27. The maximum absolute atomic E-state index is 13.5. The van der Waals surface area contributed by atoms with Gasteiger partial charge in [0.15, 0.2) is 5.69 Å². The SMILES string of the molecule is Cc1ccsc1/C=N/NC(=O)c1nnn(-c2cc(C(F)(F)F)nc3c(C(F)(F)F)cccc23)c1C. The third-order valence-corrected chi connectivity index (χ3v) is 5.95. The first kappa shape index (κ1) is 24.3. The Labute approximate surface area is 197 Å². The van der Waals surface area contributed by atoms with E-state index in [9.17, 15) is 31.1 Å². The highest BCUT2D eigenvalue weighted by molar-refractivity contribution is 7.11. The normalized spacial score (nSPS) is 12.6. The average Bonchev–Trinajstić information content (AvgIpc) is 3.36. The number of hydrogen-bond donors (Lipinski definition) is 1. The van der Waals surface area contributed by atoms with Crippen molar-refractivity contribution in [2.75, 3.05) is 0 Å².